The summed E-state index contributed by atoms with van der Waals surface area (Å²) in [7, 11) is 1.60. The fraction of sp³-hybridized carbons (Fsp3) is 0.417. The first-order chi connectivity index (χ1) is 8.65. The molecule has 1 heterocycles. The Morgan fingerprint density at radius 2 is 2.22 bits per heavy atom. The van der Waals surface area contributed by atoms with Crippen LogP contribution in [0.25, 0.3) is 10.2 Å². The second-order valence-electron chi connectivity index (χ2n) is 3.88. The Hall–Kier alpha value is -0.880. The highest BCUT2D eigenvalue weighted by molar-refractivity contribution is 7.18. The van der Waals surface area contributed by atoms with Crippen LogP contribution in [0.3, 0.4) is 0 Å². The summed E-state index contributed by atoms with van der Waals surface area (Å²) >= 11 is 6.89. The van der Waals surface area contributed by atoms with E-state index in [1.807, 2.05) is 18.2 Å². The Morgan fingerprint density at radius 3 is 2.89 bits per heavy atom. The minimum absolute atomic E-state index is 0.303. The van der Waals surface area contributed by atoms with E-state index in [1.54, 1.807) is 7.11 Å². The molecule has 2 N–H and O–H groups in total. The van der Waals surface area contributed by atoms with Crippen molar-refractivity contribution in [1.82, 2.24) is 4.98 Å². The first kappa shape index (κ1) is 13.5. The van der Waals surface area contributed by atoms with Gasteiger partial charge in [-0.1, -0.05) is 0 Å². The van der Waals surface area contributed by atoms with Gasteiger partial charge in [-0.05, 0) is 24.6 Å². The Labute approximate surface area is 114 Å². The van der Waals surface area contributed by atoms with Crippen molar-refractivity contribution in [2.24, 2.45) is 0 Å². The van der Waals surface area contributed by atoms with E-state index in [2.05, 4.69) is 4.98 Å². The number of thiazole rings is 1. The Bertz CT molecular complexity index is 531. The van der Waals surface area contributed by atoms with Gasteiger partial charge in [0.15, 0.2) is 0 Å². The minimum Gasteiger partial charge on any atom is -0.497 e. The topological polar surface area (TPSA) is 62.6 Å². The number of fused-ring (bicyclic) bond motifs is 1. The standard InChI is InChI=1S/C12H14ClNO3S/c1-17-7-2-3-8-10(6-7)18-12(14-8)11(16)9(15)4-5-13/h2-3,6,9,11,15-16H,4-5H2,1H3. The second-order valence-corrected chi connectivity index (χ2v) is 5.32. The molecule has 18 heavy (non-hydrogen) atoms. The highest BCUT2D eigenvalue weighted by atomic mass is 35.5. The minimum atomic E-state index is -0.993. The molecule has 2 atom stereocenters. The molecule has 0 amide bonds. The van der Waals surface area contributed by atoms with Crippen LogP contribution < -0.4 is 4.74 Å². The molecule has 0 saturated heterocycles. The summed E-state index contributed by atoms with van der Waals surface area (Å²) in [6.07, 6.45) is -1.54. The molecule has 1 aromatic carbocycles. The quantitative estimate of drug-likeness (QED) is 0.829. The summed E-state index contributed by atoms with van der Waals surface area (Å²) in [4.78, 5) is 4.30. The fourth-order valence-corrected chi connectivity index (χ4v) is 2.87. The SMILES string of the molecule is COc1ccc2nc(C(O)C(O)CCCl)sc2c1. The third-order valence-electron chi connectivity index (χ3n) is 2.63. The number of alkyl halides is 1. The van der Waals surface area contributed by atoms with E-state index in [9.17, 15) is 10.2 Å². The van der Waals surface area contributed by atoms with E-state index >= 15 is 0 Å². The lowest BCUT2D eigenvalue weighted by Crippen LogP contribution is -2.18. The number of ether oxygens (including phenoxy) is 1. The molecule has 2 rings (SSSR count). The average molecular weight is 288 g/mol. The Kier molecular flexibility index (Phi) is 4.40. The van der Waals surface area contributed by atoms with Crippen LogP contribution in [-0.2, 0) is 0 Å². The smallest absolute Gasteiger partial charge is 0.131 e. The number of aliphatic hydroxyl groups excluding tert-OH is 2. The van der Waals surface area contributed by atoms with E-state index in [1.165, 1.54) is 11.3 Å². The van der Waals surface area contributed by atoms with Crippen LogP contribution in [0.1, 0.15) is 17.5 Å². The van der Waals surface area contributed by atoms with Gasteiger partial charge in [0.25, 0.3) is 0 Å². The zero-order valence-corrected chi connectivity index (χ0v) is 11.4. The fourth-order valence-electron chi connectivity index (χ4n) is 1.61. The van der Waals surface area contributed by atoms with Crippen molar-refractivity contribution in [1.29, 1.82) is 0 Å². The van der Waals surface area contributed by atoms with Gasteiger partial charge in [-0.15, -0.1) is 22.9 Å². The molecule has 0 spiro atoms. The highest BCUT2D eigenvalue weighted by Gasteiger charge is 2.21. The number of hydrogen-bond acceptors (Lipinski definition) is 5. The summed E-state index contributed by atoms with van der Waals surface area (Å²) in [6, 6.07) is 5.50. The molecular formula is C12H14ClNO3S. The summed E-state index contributed by atoms with van der Waals surface area (Å²) < 4.78 is 6.05. The zero-order chi connectivity index (χ0) is 13.1. The molecule has 0 aliphatic rings. The Balaban J connectivity index is 2.29. The van der Waals surface area contributed by atoms with Crippen molar-refractivity contribution in [2.45, 2.75) is 18.6 Å². The van der Waals surface area contributed by atoms with Gasteiger partial charge in [-0.2, -0.15) is 0 Å². The predicted octanol–water partition coefficient (Wildman–Crippen LogP) is 2.33. The molecule has 0 aliphatic carbocycles. The maximum absolute atomic E-state index is 9.96. The second kappa shape index (κ2) is 5.84. The van der Waals surface area contributed by atoms with Gasteiger partial charge in [0, 0.05) is 5.88 Å². The van der Waals surface area contributed by atoms with Crippen LogP contribution in [0.2, 0.25) is 0 Å². The molecule has 2 unspecified atom stereocenters. The number of halogens is 1. The molecule has 0 bridgehead atoms. The molecule has 2 aromatic rings. The molecule has 0 radical (unpaired) electrons. The number of hydrogen-bond donors (Lipinski definition) is 2. The van der Waals surface area contributed by atoms with Gasteiger partial charge in [-0.3, -0.25) is 0 Å². The molecule has 6 heteroatoms. The molecule has 1 aromatic heterocycles. The summed E-state index contributed by atoms with van der Waals surface area (Å²) in [5, 5.41) is 20.2. The summed E-state index contributed by atoms with van der Waals surface area (Å²) in [5.74, 6) is 1.05. The largest absolute Gasteiger partial charge is 0.497 e. The lowest BCUT2D eigenvalue weighted by Gasteiger charge is -2.13. The third kappa shape index (κ3) is 2.75. The van der Waals surface area contributed by atoms with Crippen LogP contribution in [0, 0.1) is 0 Å². The van der Waals surface area contributed by atoms with Crippen molar-refractivity contribution in [3.63, 3.8) is 0 Å². The monoisotopic (exact) mass is 287 g/mol. The maximum atomic E-state index is 9.96. The van der Waals surface area contributed by atoms with Crippen molar-refractivity contribution < 1.29 is 14.9 Å². The maximum Gasteiger partial charge on any atom is 0.131 e. The number of aromatic nitrogens is 1. The van der Waals surface area contributed by atoms with Crippen molar-refractivity contribution >= 4 is 33.2 Å². The van der Waals surface area contributed by atoms with Gasteiger partial charge in [0.05, 0.1) is 23.4 Å². The lowest BCUT2D eigenvalue weighted by molar-refractivity contribution is 0.0170. The number of rotatable bonds is 5. The van der Waals surface area contributed by atoms with E-state index < -0.39 is 12.2 Å². The number of aliphatic hydroxyl groups is 2. The van der Waals surface area contributed by atoms with Crippen LogP contribution in [-0.4, -0.2) is 34.3 Å². The first-order valence-corrected chi connectivity index (χ1v) is 6.87. The molecule has 98 valence electrons. The van der Waals surface area contributed by atoms with Gasteiger partial charge in [0.1, 0.15) is 16.9 Å². The molecular weight excluding hydrogens is 274 g/mol. The van der Waals surface area contributed by atoms with E-state index in [0.717, 1.165) is 16.0 Å². The Morgan fingerprint density at radius 1 is 1.44 bits per heavy atom. The van der Waals surface area contributed by atoms with E-state index in [-0.39, 0.29) is 0 Å². The average Bonchev–Trinajstić information content (AvgIpc) is 2.80. The van der Waals surface area contributed by atoms with Gasteiger partial charge < -0.3 is 14.9 Å². The number of benzene rings is 1. The molecule has 0 saturated carbocycles. The first-order valence-electron chi connectivity index (χ1n) is 5.52. The van der Waals surface area contributed by atoms with Crippen LogP contribution in [0.15, 0.2) is 18.2 Å². The lowest BCUT2D eigenvalue weighted by atomic mass is 10.1. The van der Waals surface area contributed by atoms with E-state index in [0.29, 0.717) is 17.3 Å². The third-order valence-corrected chi connectivity index (χ3v) is 3.94. The van der Waals surface area contributed by atoms with Gasteiger partial charge in [-0.25, -0.2) is 4.98 Å². The van der Waals surface area contributed by atoms with Crippen LogP contribution in [0.4, 0.5) is 0 Å². The zero-order valence-electron chi connectivity index (χ0n) is 9.84. The van der Waals surface area contributed by atoms with Crippen LogP contribution >= 0.6 is 22.9 Å². The van der Waals surface area contributed by atoms with Crippen molar-refractivity contribution in [2.75, 3.05) is 13.0 Å². The molecule has 0 aliphatic heterocycles. The number of nitrogens with zero attached hydrogens (tertiary/aromatic N) is 1. The van der Waals surface area contributed by atoms with Crippen molar-refractivity contribution in [3.8, 4) is 5.75 Å². The molecule has 4 nitrogen and oxygen atoms in total. The van der Waals surface area contributed by atoms with Crippen LogP contribution in [0.5, 0.6) is 5.75 Å². The molecule has 0 fully saturated rings. The van der Waals surface area contributed by atoms with Gasteiger partial charge in [0.2, 0.25) is 0 Å². The van der Waals surface area contributed by atoms with E-state index in [4.69, 9.17) is 16.3 Å². The van der Waals surface area contributed by atoms with Crippen molar-refractivity contribution in [3.05, 3.63) is 23.2 Å². The predicted molar refractivity (Wildman–Crippen MR) is 72.5 cm³/mol. The normalized spacial score (nSPS) is 14.7. The summed E-state index contributed by atoms with van der Waals surface area (Å²) in [5.41, 5.74) is 0.785. The highest BCUT2D eigenvalue weighted by Crippen LogP contribution is 2.31. The number of methoxy groups -OCH3 is 1. The summed E-state index contributed by atoms with van der Waals surface area (Å²) in [6.45, 7) is 0. The van der Waals surface area contributed by atoms with Gasteiger partial charge >= 0.3 is 0 Å².